The van der Waals surface area contributed by atoms with Gasteiger partial charge in [-0.1, -0.05) is 18.2 Å². The lowest BCUT2D eigenvalue weighted by Crippen LogP contribution is -2.35. The van der Waals surface area contributed by atoms with Crippen molar-refractivity contribution in [2.75, 3.05) is 10.6 Å². The fourth-order valence-corrected chi connectivity index (χ4v) is 2.24. The number of nitrogens with one attached hydrogen (secondary N) is 2. The molecule has 22 heavy (non-hydrogen) atoms. The number of benzene rings is 2. The summed E-state index contributed by atoms with van der Waals surface area (Å²) in [5.74, 6) is -1.04. The van der Waals surface area contributed by atoms with E-state index in [-0.39, 0.29) is 17.6 Å². The van der Waals surface area contributed by atoms with E-state index in [1.807, 2.05) is 18.2 Å². The Labute approximate surface area is 127 Å². The number of rotatable bonds is 4. The van der Waals surface area contributed by atoms with Crippen LogP contribution in [0.2, 0.25) is 0 Å². The number of carbonyl (C=O) groups is 2. The lowest BCUT2D eigenvalue weighted by atomic mass is 10.0. The number of amides is 2. The predicted molar refractivity (Wildman–Crippen MR) is 81.8 cm³/mol. The van der Waals surface area contributed by atoms with Crippen molar-refractivity contribution in [3.05, 3.63) is 60.4 Å². The van der Waals surface area contributed by atoms with Crippen molar-refractivity contribution in [3.63, 3.8) is 0 Å². The highest BCUT2D eigenvalue weighted by molar-refractivity contribution is 6.16. The molecule has 1 fully saturated rings. The minimum absolute atomic E-state index is 0.307. The molecule has 2 amide bonds. The normalized spacial score (nSPS) is 15.0. The molecule has 0 spiro atoms. The second-order valence-electron chi connectivity index (χ2n) is 5.36. The van der Waals surface area contributed by atoms with E-state index in [0.717, 1.165) is 0 Å². The van der Waals surface area contributed by atoms with Gasteiger partial charge in [0.1, 0.15) is 11.2 Å². The van der Waals surface area contributed by atoms with Crippen LogP contribution in [0.15, 0.2) is 54.6 Å². The summed E-state index contributed by atoms with van der Waals surface area (Å²) in [6.45, 7) is 0. The van der Waals surface area contributed by atoms with Gasteiger partial charge in [0.15, 0.2) is 0 Å². The zero-order valence-corrected chi connectivity index (χ0v) is 11.8. The quantitative estimate of drug-likeness (QED) is 0.852. The molecule has 1 aliphatic rings. The summed E-state index contributed by atoms with van der Waals surface area (Å²) in [6.07, 6.45) is 1.03. The topological polar surface area (TPSA) is 58.2 Å². The number of para-hydroxylation sites is 1. The van der Waals surface area contributed by atoms with Crippen molar-refractivity contribution < 1.29 is 14.0 Å². The Morgan fingerprint density at radius 2 is 1.32 bits per heavy atom. The Hall–Kier alpha value is -2.69. The summed E-state index contributed by atoms with van der Waals surface area (Å²) in [6, 6.07) is 14.5. The monoisotopic (exact) mass is 298 g/mol. The van der Waals surface area contributed by atoms with Crippen LogP contribution in [0.1, 0.15) is 12.8 Å². The Kier molecular flexibility index (Phi) is 3.63. The molecule has 0 unspecified atom stereocenters. The van der Waals surface area contributed by atoms with Gasteiger partial charge >= 0.3 is 0 Å². The Morgan fingerprint density at radius 3 is 1.82 bits per heavy atom. The largest absolute Gasteiger partial charge is 0.325 e. The van der Waals surface area contributed by atoms with E-state index in [1.54, 1.807) is 12.1 Å². The molecular weight excluding hydrogens is 283 g/mol. The van der Waals surface area contributed by atoms with Crippen LogP contribution in [-0.4, -0.2) is 11.8 Å². The van der Waals surface area contributed by atoms with Crippen molar-refractivity contribution in [3.8, 4) is 0 Å². The van der Waals surface area contributed by atoms with Crippen LogP contribution in [-0.2, 0) is 9.59 Å². The molecule has 112 valence electrons. The molecule has 1 saturated carbocycles. The molecule has 0 aromatic heterocycles. The molecule has 0 aliphatic heterocycles. The average molecular weight is 298 g/mol. The second kappa shape index (κ2) is 5.60. The van der Waals surface area contributed by atoms with Crippen molar-refractivity contribution in [2.24, 2.45) is 5.41 Å². The maximum absolute atomic E-state index is 12.9. The molecule has 2 aromatic rings. The van der Waals surface area contributed by atoms with Crippen molar-refractivity contribution >= 4 is 23.2 Å². The van der Waals surface area contributed by atoms with E-state index in [4.69, 9.17) is 0 Å². The number of anilines is 2. The third kappa shape index (κ3) is 2.83. The van der Waals surface area contributed by atoms with E-state index in [9.17, 15) is 14.0 Å². The SMILES string of the molecule is O=C(Nc1ccccc1)C1(C(=O)Nc2ccc(F)cc2)CC1. The van der Waals surface area contributed by atoms with Crippen LogP contribution in [0.5, 0.6) is 0 Å². The van der Waals surface area contributed by atoms with Gasteiger partial charge in [0.25, 0.3) is 0 Å². The smallest absolute Gasteiger partial charge is 0.240 e. The third-order valence-electron chi connectivity index (χ3n) is 3.75. The van der Waals surface area contributed by atoms with Gasteiger partial charge in [-0.05, 0) is 49.2 Å². The van der Waals surface area contributed by atoms with E-state index in [0.29, 0.717) is 24.2 Å². The lowest BCUT2D eigenvalue weighted by molar-refractivity contribution is -0.131. The molecule has 0 heterocycles. The number of hydrogen-bond acceptors (Lipinski definition) is 2. The van der Waals surface area contributed by atoms with Gasteiger partial charge in [-0.15, -0.1) is 0 Å². The first-order valence-electron chi connectivity index (χ1n) is 7.04. The highest BCUT2D eigenvalue weighted by Crippen LogP contribution is 2.47. The number of hydrogen-bond donors (Lipinski definition) is 2. The molecule has 0 saturated heterocycles. The molecule has 2 N–H and O–H groups in total. The van der Waals surface area contributed by atoms with Gasteiger partial charge < -0.3 is 10.6 Å². The maximum Gasteiger partial charge on any atom is 0.240 e. The summed E-state index contributed by atoms with van der Waals surface area (Å²) in [4.78, 5) is 24.7. The van der Waals surface area contributed by atoms with Crippen LogP contribution >= 0.6 is 0 Å². The summed E-state index contributed by atoms with van der Waals surface area (Å²) in [7, 11) is 0. The van der Waals surface area contributed by atoms with E-state index < -0.39 is 5.41 Å². The molecule has 4 nitrogen and oxygen atoms in total. The Morgan fingerprint density at radius 1 is 0.818 bits per heavy atom. The minimum atomic E-state index is -1.02. The molecular formula is C17H15FN2O2. The summed E-state index contributed by atoms with van der Waals surface area (Å²) >= 11 is 0. The van der Waals surface area contributed by atoms with Crippen LogP contribution in [0, 0.1) is 11.2 Å². The second-order valence-corrected chi connectivity index (χ2v) is 5.36. The van der Waals surface area contributed by atoms with E-state index in [2.05, 4.69) is 10.6 Å². The first-order valence-corrected chi connectivity index (χ1v) is 7.04. The van der Waals surface area contributed by atoms with Crippen molar-refractivity contribution in [1.29, 1.82) is 0 Å². The number of halogens is 1. The zero-order valence-electron chi connectivity index (χ0n) is 11.8. The molecule has 2 aromatic carbocycles. The van der Waals surface area contributed by atoms with Gasteiger partial charge in [0.05, 0.1) is 0 Å². The fraction of sp³-hybridized carbons (Fsp3) is 0.176. The van der Waals surface area contributed by atoms with E-state index >= 15 is 0 Å². The van der Waals surface area contributed by atoms with Crippen molar-refractivity contribution in [2.45, 2.75) is 12.8 Å². The zero-order chi connectivity index (χ0) is 15.6. The summed E-state index contributed by atoms with van der Waals surface area (Å²) in [5, 5.41) is 5.43. The van der Waals surface area contributed by atoms with Gasteiger partial charge in [-0.3, -0.25) is 9.59 Å². The first-order chi connectivity index (χ1) is 10.6. The van der Waals surface area contributed by atoms with Crippen LogP contribution in [0.25, 0.3) is 0 Å². The van der Waals surface area contributed by atoms with Gasteiger partial charge in [0, 0.05) is 11.4 Å². The van der Waals surface area contributed by atoms with Crippen LogP contribution in [0.3, 0.4) is 0 Å². The highest BCUT2D eigenvalue weighted by atomic mass is 19.1. The molecule has 0 radical (unpaired) electrons. The molecule has 1 aliphatic carbocycles. The molecule has 5 heteroatoms. The standard InChI is InChI=1S/C17H15FN2O2/c18-12-6-8-14(9-7-12)20-16(22)17(10-11-17)15(21)19-13-4-2-1-3-5-13/h1-9H,10-11H2,(H,19,21)(H,20,22). The van der Waals surface area contributed by atoms with Crippen LogP contribution < -0.4 is 10.6 Å². The average Bonchev–Trinajstić information content (AvgIpc) is 3.32. The van der Waals surface area contributed by atoms with Crippen LogP contribution in [0.4, 0.5) is 15.8 Å². The van der Waals surface area contributed by atoms with Gasteiger partial charge in [-0.25, -0.2) is 4.39 Å². The van der Waals surface area contributed by atoms with E-state index in [1.165, 1.54) is 24.3 Å². The molecule has 0 bridgehead atoms. The van der Waals surface area contributed by atoms with Gasteiger partial charge in [-0.2, -0.15) is 0 Å². The molecule has 0 atom stereocenters. The lowest BCUT2D eigenvalue weighted by Gasteiger charge is -2.15. The summed E-state index contributed by atoms with van der Waals surface area (Å²) < 4.78 is 12.9. The number of carbonyl (C=O) groups excluding carboxylic acids is 2. The molecule has 3 rings (SSSR count). The minimum Gasteiger partial charge on any atom is -0.325 e. The fourth-order valence-electron chi connectivity index (χ4n) is 2.24. The van der Waals surface area contributed by atoms with Gasteiger partial charge in [0.2, 0.25) is 11.8 Å². The maximum atomic E-state index is 12.9. The first kappa shape index (κ1) is 14.3. The summed E-state index contributed by atoms with van der Waals surface area (Å²) in [5.41, 5.74) is 0.114. The van der Waals surface area contributed by atoms with Crippen molar-refractivity contribution in [1.82, 2.24) is 0 Å². The Bertz CT molecular complexity index is 694. The third-order valence-corrected chi connectivity index (χ3v) is 3.75. The predicted octanol–water partition coefficient (Wildman–Crippen LogP) is 3.18. The Balaban J connectivity index is 1.68. The highest BCUT2D eigenvalue weighted by Gasteiger charge is 2.56.